The molecular weight excluding hydrogens is 374 g/mol. The lowest BCUT2D eigenvalue weighted by Crippen LogP contribution is -2.24. The van der Waals surface area contributed by atoms with Crippen LogP contribution in [0.15, 0.2) is 53.9 Å². The molecule has 1 aliphatic heterocycles. The van der Waals surface area contributed by atoms with Crippen molar-refractivity contribution in [3.8, 4) is 17.2 Å². The Bertz CT molecular complexity index is 1020. The lowest BCUT2D eigenvalue weighted by molar-refractivity contribution is -0.118. The van der Waals surface area contributed by atoms with Crippen molar-refractivity contribution in [2.24, 2.45) is 0 Å². The number of carbonyl (C=O) groups is 1. The van der Waals surface area contributed by atoms with Crippen LogP contribution in [0.1, 0.15) is 16.7 Å². The SMILES string of the molecule is Cc1ccc(C)c(-n2ccnc2SCC(=O)NCc2ccc3c(c2)OCO3)c1. The molecule has 0 saturated carbocycles. The summed E-state index contributed by atoms with van der Waals surface area (Å²) in [6.45, 7) is 4.83. The predicted octanol–water partition coefficient (Wildman–Crippen LogP) is 3.63. The molecule has 7 heteroatoms. The maximum Gasteiger partial charge on any atom is 0.231 e. The number of ether oxygens (including phenoxy) is 2. The number of fused-ring (bicyclic) bond motifs is 1. The standard InChI is InChI=1S/C21H21N3O3S/c1-14-3-4-15(2)17(9-14)24-8-7-22-21(24)28-12-20(25)23-11-16-5-6-18-19(10-16)27-13-26-18/h3-10H,11-13H2,1-2H3,(H,23,25). The summed E-state index contributed by atoms with van der Waals surface area (Å²) in [6.07, 6.45) is 3.68. The Morgan fingerprint density at radius 1 is 1.18 bits per heavy atom. The van der Waals surface area contributed by atoms with Crippen LogP contribution in [0.25, 0.3) is 5.69 Å². The number of amides is 1. The number of carbonyl (C=O) groups excluding carboxylic acids is 1. The number of nitrogens with zero attached hydrogens (tertiary/aromatic N) is 2. The van der Waals surface area contributed by atoms with Crippen molar-refractivity contribution >= 4 is 17.7 Å². The maximum absolute atomic E-state index is 12.3. The minimum atomic E-state index is -0.0434. The molecule has 144 valence electrons. The minimum absolute atomic E-state index is 0.0434. The first-order valence-electron chi connectivity index (χ1n) is 8.99. The number of rotatable bonds is 6. The smallest absolute Gasteiger partial charge is 0.231 e. The number of benzene rings is 2. The average molecular weight is 395 g/mol. The lowest BCUT2D eigenvalue weighted by Gasteiger charge is -2.11. The summed E-state index contributed by atoms with van der Waals surface area (Å²) in [7, 11) is 0. The van der Waals surface area contributed by atoms with Gasteiger partial charge < -0.3 is 14.8 Å². The Labute approximate surface area is 167 Å². The zero-order valence-corrected chi connectivity index (χ0v) is 16.6. The van der Waals surface area contributed by atoms with Gasteiger partial charge in [0.1, 0.15) is 0 Å². The Morgan fingerprint density at radius 2 is 2.04 bits per heavy atom. The quantitative estimate of drug-likeness (QED) is 0.646. The number of imidazole rings is 1. The second kappa shape index (κ2) is 7.98. The molecule has 0 atom stereocenters. The summed E-state index contributed by atoms with van der Waals surface area (Å²) < 4.78 is 12.7. The van der Waals surface area contributed by atoms with E-state index in [-0.39, 0.29) is 12.7 Å². The summed E-state index contributed by atoms with van der Waals surface area (Å²) in [5.74, 6) is 1.71. The van der Waals surface area contributed by atoms with Crippen molar-refractivity contribution < 1.29 is 14.3 Å². The fourth-order valence-corrected chi connectivity index (χ4v) is 3.79. The van der Waals surface area contributed by atoms with E-state index in [0.717, 1.165) is 33.5 Å². The molecule has 3 aromatic rings. The third-order valence-electron chi connectivity index (χ3n) is 4.49. The van der Waals surface area contributed by atoms with Gasteiger partial charge in [0.2, 0.25) is 12.7 Å². The molecule has 0 fully saturated rings. The van der Waals surface area contributed by atoms with Crippen molar-refractivity contribution in [1.29, 1.82) is 0 Å². The zero-order chi connectivity index (χ0) is 19.5. The summed E-state index contributed by atoms with van der Waals surface area (Å²) in [5.41, 5.74) is 4.41. The van der Waals surface area contributed by atoms with E-state index < -0.39 is 0 Å². The third kappa shape index (κ3) is 3.99. The first-order valence-corrected chi connectivity index (χ1v) is 9.98. The fraction of sp³-hybridized carbons (Fsp3) is 0.238. The van der Waals surface area contributed by atoms with Gasteiger partial charge >= 0.3 is 0 Å². The first kappa shape index (κ1) is 18.4. The van der Waals surface area contributed by atoms with Gasteiger partial charge in [0.05, 0.1) is 11.4 Å². The molecule has 0 aliphatic carbocycles. The second-order valence-corrected chi connectivity index (χ2v) is 7.57. The predicted molar refractivity (Wildman–Crippen MR) is 108 cm³/mol. The largest absolute Gasteiger partial charge is 0.454 e. The molecule has 1 amide bonds. The van der Waals surface area contributed by atoms with Gasteiger partial charge in [-0.25, -0.2) is 4.98 Å². The molecule has 1 aromatic heterocycles. The van der Waals surface area contributed by atoms with Crippen LogP contribution >= 0.6 is 11.8 Å². The van der Waals surface area contributed by atoms with E-state index in [1.807, 2.05) is 29.0 Å². The highest BCUT2D eigenvalue weighted by molar-refractivity contribution is 7.99. The van der Waals surface area contributed by atoms with Crippen LogP contribution in [0, 0.1) is 13.8 Å². The Balaban J connectivity index is 1.36. The topological polar surface area (TPSA) is 65.4 Å². The molecular formula is C21H21N3O3S. The van der Waals surface area contributed by atoms with Crippen molar-refractivity contribution in [3.05, 3.63) is 65.5 Å². The normalized spacial score (nSPS) is 12.2. The van der Waals surface area contributed by atoms with E-state index in [0.29, 0.717) is 12.3 Å². The van der Waals surface area contributed by atoms with Gasteiger partial charge in [-0.1, -0.05) is 30.0 Å². The number of hydrogen-bond acceptors (Lipinski definition) is 5. The van der Waals surface area contributed by atoms with Crippen LogP contribution in [0.2, 0.25) is 0 Å². The van der Waals surface area contributed by atoms with Gasteiger partial charge in [-0.2, -0.15) is 0 Å². The molecule has 0 saturated heterocycles. The summed E-state index contributed by atoms with van der Waals surface area (Å²) in [6, 6.07) is 12.0. The Hall–Kier alpha value is -2.93. The van der Waals surface area contributed by atoms with E-state index >= 15 is 0 Å². The Morgan fingerprint density at radius 3 is 2.93 bits per heavy atom. The van der Waals surface area contributed by atoms with E-state index in [9.17, 15) is 4.79 Å². The second-order valence-electron chi connectivity index (χ2n) is 6.62. The van der Waals surface area contributed by atoms with Gasteiger partial charge in [-0.05, 0) is 48.7 Å². The average Bonchev–Trinajstić information content (AvgIpc) is 3.35. The van der Waals surface area contributed by atoms with Crippen molar-refractivity contribution in [2.75, 3.05) is 12.5 Å². The summed E-state index contributed by atoms with van der Waals surface area (Å²) in [5, 5.41) is 3.74. The maximum atomic E-state index is 12.3. The molecule has 28 heavy (non-hydrogen) atoms. The molecule has 0 bridgehead atoms. The fourth-order valence-electron chi connectivity index (χ4n) is 2.99. The molecule has 6 nitrogen and oxygen atoms in total. The Kier molecular flexibility index (Phi) is 5.25. The van der Waals surface area contributed by atoms with Gasteiger partial charge in [0.25, 0.3) is 0 Å². The van der Waals surface area contributed by atoms with Gasteiger partial charge in [0, 0.05) is 18.9 Å². The van der Waals surface area contributed by atoms with Crippen LogP contribution in [0.3, 0.4) is 0 Å². The lowest BCUT2D eigenvalue weighted by atomic mass is 10.1. The number of aromatic nitrogens is 2. The highest BCUT2D eigenvalue weighted by atomic mass is 32.2. The molecule has 2 heterocycles. The zero-order valence-electron chi connectivity index (χ0n) is 15.8. The first-order chi connectivity index (χ1) is 13.6. The van der Waals surface area contributed by atoms with Crippen molar-refractivity contribution in [2.45, 2.75) is 25.5 Å². The van der Waals surface area contributed by atoms with Crippen LogP contribution < -0.4 is 14.8 Å². The van der Waals surface area contributed by atoms with E-state index in [1.54, 1.807) is 6.20 Å². The van der Waals surface area contributed by atoms with Gasteiger partial charge in [-0.3, -0.25) is 9.36 Å². The van der Waals surface area contributed by atoms with Crippen LogP contribution in [0.5, 0.6) is 11.5 Å². The van der Waals surface area contributed by atoms with Crippen LogP contribution in [-0.4, -0.2) is 28.0 Å². The molecule has 2 aromatic carbocycles. The molecule has 0 spiro atoms. The number of nitrogens with one attached hydrogen (secondary N) is 1. The third-order valence-corrected chi connectivity index (χ3v) is 5.46. The molecule has 1 N–H and O–H groups in total. The highest BCUT2D eigenvalue weighted by Gasteiger charge is 2.14. The van der Waals surface area contributed by atoms with E-state index in [4.69, 9.17) is 9.47 Å². The summed E-state index contributed by atoms with van der Waals surface area (Å²) >= 11 is 1.42. The summed E-state index contributed by atoms with van der Waals surface area (Å²) in [4.78, 5) is 16.7. The molecule has 4 rings (SSSR count). The van der Waals surface area contributed by atoms with E-state index in [2.05, 4.69) is 42.3 Å². The monoisotopic (exact) mass is 395 g/mol. The highest BCUT2D eigenvalue weighted by Crippen LogP contribution is 2.32. The minimum Gasteiger partial charge on any atom is -0.454 e. The number of aryl methyl sites for hydroxylation is 2. The number of hydrogen-bond donors (Lipinski definition) is 1. The van der Waals surface area contributed by atoms with Crippen molar-refractivity contribution in [1.82, 2.24) is 14.9 Å². The number of thioether (sulfide) groups is 1. The molecule has 0 unspecified atom stereocenters. The molecule has 0 radical (unpaired) electrons. The van der Waals surface area contributed by atoms with Crippen LogP contribution in [-0.2, 0) is 11.3 Å². The van der Waals surface area contributed by atoms with E-state index in [1.165, 1.54) is 17.3 Å². The van der Waals surface area contributed by atoms with Gasteiger partial charge in [0.15, 0.2) is 16.7 Å². The molecule has 1 aliphatic rings. The van der Waals surface area contributed by atoms with Gasteiger partial charge in [-0.15, -0.1) is 0 Å². The van der Waals surface area contributed by atoms with Crippen LogP contribution in [0.4, 0.5) is 0 Å². The van der Waals surface area contributed by atoms with Crippen molar-refractivity contribution in [3.63, 3.8) is 0 Å².